The Kier molecular flexibility index (Phi) is 4.38. The van der Waals surface area contributed by atoms with Gasteiger partial charge < -0.3 is 14.6 Å². The molecule has 2 atom stereocenters. The van der Waals surface area contributed by atoms with Crippen molar-refractivity contribution in [1.82, 2.24) is 4.90 Å². The maximum absolute atomic E-state index is 12.1. The van der Waals surface area contributed by atoms with Crippen LogP contribution < -0.4 is 0 Å². The molecular weight excluding hydrogens is 222 g/mol. The highest BCUT2D eigenvalue weighted by Gasteiger charge is 2.38. The third kappa shape index (κ3) is 3.85. The number of carbonyl (C=O) groups excluding carboxylic acids is 1. The van der Waals surface area contributed by atoms with E-state index in [1.165, 1.54) is 0 Å². The number of ether oxygens (including phenoxy) is 2. The van der Waals surface area contributed by atoms with Crippen LogP contribution in [0.3, 0.4) is 0 Å². The summed E-state index contributed by atoms with van der Waals surface area (Å²) in [5.74, 6) is 0. The molecule has 5 heteroatoms. The van der Waals surface area contributed by atoms with Crippen LogP contribution in [0.25, 0.3) is 0 Å². The zero-order valence-electron chi connectivity index (χ0n) is 11.3. The number of amides is 1. The van der Waals surface area contributed by atoms with Gasteiger partial charge in [0.15, 0.2) is 0 Å². The fourth-order valence-electron chi connectivity index (χ4n) is 1.84. The standard InChI is InChI=1S/C12H23NO4/c1-8(2)13(9-6-16-7-10(9)14)11(15)17-12(3,4)5/h8-10,14H,6-7H2,1-5H3/t9-,10-/m1/s1. The quantitative estimate of drug-likeness (QED) is 0.798. The molecule has 100 valence electrons. The van der Waals surface area contributed by atoms with E-state index < -0.39 is 17.8 Å². The molecule has 0 spiro atoms. The maximum Gasteiger partial charge on any atom is 0.410 e. The summed E-state index contributed by atoms with van der Waals surface area (Å²) in [5.41, 5.74) is -0.533. The first-order valence-corrected chi connectivity index (χ1v) is 5.99. The van der Waals surface area contributed by atoms with Crippen LogP contribution in [0.1, 0.15) is 34.6 Å². The molecule has 0 aromatic carbocycles. The van der Waals surface area contributed by atoms with E-state index in [0.29, 0.717) is 6.61 Å². The van der Waals surface area contributed by atoms with Gasteiger partial charge in [0, 0.05) is 6.04 Å². The predicted molar refractivity (Wildman–Crippen MR) is 63.8 cm³/mol. The van der Waals surface area contributed by atoms with Crippen molar-refractivity contribution in [3.05, 3.63) is 0 Å². The summed E-state index contributed by atoms with van der Waals surface area (Å²) in [6.07, 6.45) is -1.04. The Morgan fingerprint density at radius 1 is 1.41 bits per heavy atom. The van der Waals surface area contributed by atoms with E-state index in [9.17, 15) is 9.90 Å². The Labute approximate surface area is 103 Å². The molecule has 0 aliphatic carbocycles. The highest BCUT2D eigenvalue weighted by molar-refractivity contribution is 5.69. The van der Waals surface area contributed by atoms with Gasteiger partial charge >= 0.3 is 6.09 Å². The zero-order chi connectivity index (χ0) is 13.2. The molecule has 1 aliphatic rings. The molecule has 1 heterocycles. The summed E-state index contributed by atoms with van der Waals surface area (Å²) in [6, 6.07) is -0.351. The fourth-order valence-corrected chi connectivity index (χ4v) is 1.84. The summed E-state index contributed by atoms with van der Waals surface area (Å²) in [6.45, 7) is 9.90. The van der Waals surface area contributed by atoms with Crippen LogP contribution in [0.15, 0.2) is 0 Å². The van der Waals surface area contributed by atoms with Crippen LogP contribution in [0.5, 0.6) is 0 Å². The SMILES string of the molecule is CC(C)N(C(=O)OC(C)(C)C)[C@@H]1COC[C@H]1O. The van der Waals surface area contributed by atoms with E-state index in [1.807, 2.05) is 34.6 Å². The van der Waals surface area contributed by atoms with Crippen molar-refractivity contribution < 1.29 is 19.4 Å². The van der Waals surface area contributed by atoms with E-state index in [-0.39, 0.29) is 18.7 Å². The van der Waals surface area contributed by atoms with Crippen molar-refractivity contribution in [2.24, 2.45) is 0 Å². The molecule has 0 radical (unpaired) electrons. The maximum atomic E-state index is 12.1. The van der Waals surface area contributed by atoms with Crippen LogP contribution in [-0.2, 0) is 9.47 Å². The smallest absolute Gasteiger partial charge is 0.410 e. The lowest BCUT2D eigenvalue weighted by Crippen LogP contribution is -2.51. The van der Waals surface area contributed by atoms with Gasteiger partial charge in [-0.1, -0.05) is 0 Å². The van der Waals surface area contributed by atoms with Crippen molar-refractivity contribution in [3.63, 3.8) is 0 Å². The van der Waals surface area contributed by atoms with Gasteiger partial charge in [-0.3, -0.25) is 4.90 Å². The Morgan fingerprint density at radius 2 is 2.00 bits per heavy atom. The van der Waals surface area contributed by atoms with E-state index in [2.05, 4.69) is 0 Å². The van der Waals surface area contributed by atoms with Crippen LogP contribution in [0.2, 0.25) is 0 Å². The predicted octanol–water partition coefficient (Wildman–Crippen LogP) is 1.39. The van der Waals surface area contributed by atoms with E-state index >= 15 is 0 Å². The molecule has 0 saturated carbocycles. The minimum absolute atomic E-state index is 0.0359. The molecule has 1 rings (SSSR count). The largest absolute Gasteiger partial charge is 0.444 e. The average Bonchev–Trinajstić information content (AvgIpc) is 2.48. The van der Waals surface area contributed by atoms with Crippen molar-refractivity contribution in [1.29, 1.82) is 0 Å². The minimum atomic E-state index is -0.634. The molecule has 1 N–H and O–H groups in total. The fraction of sp³-hybridized carbons (Fsp3) is 0.917. The first-order chi connectivity index (χ1) is 7.72. The van der Waals surface area contributed by atoms with E-state index in [0.717, 1.165) is 0 Å². The van der Waals surface area contributed by atoms with Crippen LogP contribution in [0, 0.1) is 0 Å². The average molecular weight is 245 g/mol. The van der Waals surface area contributed by atoms with Crippen LogP contribution >= 0.6 is 0 Å². The molecule has 0 unspecified atom stereocenters. The highest BCUT2D eigenvalue weighted by Crippen LogP contribution is 2.20. The Hall–Kier alpha value is -0.810. The molecule has 17 heavy (non-hydrogen) atoms. The van der Waals surface area contributed by atoms with Gasteiger partial charge in [0.1, 0.15) is 11.7 Å². The monoisotopic (exact) mass is 245 g/mol. The molecule has 0 bridgehead atoms. The molecule has 0 aromatic heterocycles. The first kappa shape index (κ1) is 14.3. The van der Waals surface area contributed by atoms with Gasteiger partial charge in [0.05, 0.1) is 19.3 Å². The van der Waals surface area contributed by atoms with E-state index in [1.54, 1.807) is 4.90 Å². The lowest BCUT2D eigenvalue weighted by molar-refractivity contribution is -0.00528. The molecule has 1 amide bonds. The van der Waals surface area contributed by atoms with Crippen LogP contribution in [-0.4, -0.2) is 53.1 Å². The van der Waals surface area contributed by atoms with Crippen molar-refractivity contribution in [3.8, 4) is 0 Å². The number of aliphatic hydroxyl groups excluding tert-OH is 1. The lowest BCUT2D eigenvalue weighted by Gasteiger charge is -2.35. The van der Waals surface area contributed by atoms with Gasteiger partial charge in [0.25, 0.3) is 0 Å². The number of hydrogen-bond acceptors (Lipinski definition) is 4. The Bertz CT molecular complexity index is 272. The summed E-state index contributed by atoms with van der Waals surface area (Å²) >= 11 is 0. The molecule has 0 aromatic rings. The number of carbonyl (C=O) groups is 1. The Morgan fingerprint density at radius 3 is 2.35 bits per heavy atom. The van der Waals surface area contributed by atoms with Crippen molar-refractivity contribution >= 4 is 6.09 Å². The van der Waals surface area contributed by atoms with Crippen molar-refractivity contribution in [2.45, 2.75) is 58.4 Å². The number of aliphatic hydroxyl groups is 1. The summed E-state index contributed by atoms with van der Waals surface area (Å²) in [5, 5.41) is 9.78. The summed E-state index contributed by atoms with van der Waals surface area (Å²) in [7, 11) is 0. The van der Waals surface area contributed by atoms with Gasteiger partial charge in [0.2, 0.25) is 0 Å². The summed E-state index contributed by atoms with van der Waals surface area (Å²) in [4.78, 5) is 13.6. The van der Waals surface area contributed by atoms with E-state index in [4.69, 9.17) is 9.47 Å². The lowest BCUT2D eigenvalue weighted by atomic mass is 10.1. The number of rotatable bonds is 2. The summed E-state index contributed by atoms with van der Waals surface area (Å²) < 4.78 is 10.5. The zero-order valence-corrected chi connectivity index (χ0v) is 11.3. The normalized spacial score (nSPS) is 25.1. The number of hydrogen-bond donors (Lipinski definition) is 1. The first-order valence-electron chi connectivity index (χ1n) is 5.99. The second kappa shape index (κ2) is 5.23. The number of nitrogens with zero attached hydrogens (tertiary/aromatic N) is 1. The minimum Gasteiger partial charge on any atom is -0.444 e. The highest BCUT2D eigenvalue weighted by atomic mass is 16.6. The molecule has 1 fully saturated rings. The molecular formula is C12H23NO4. The van der Waals surface area contributed by atoms with Crippen LogP contribution in [0.4, 0.5) is 4.79 Å². The second-order valence-electron chi connectivity index (χ2n) is 5.65. The Balaban J connectivity index is 2.75. The van der Waals surface area contributed by atoms with Gasteiger partial charge in [-0.25, -0.2) is 4.79 Å². The molecule has 1 aliphatic heterocycles. The molecule has 1 saturated heterocycles. The second-order valence-corrected chi connectivity index (χ2v) is 5.65. The van der Waals surface area contributed by atoms with Gasteiger partial charge in [-0.05, 0) is 34.6 Å². The third-order valence-electron chi connectivity index (χ3n) is 2.54. The van der Waals surface area contributed by atoms with Gasteiger partial charge in [-0.2, -0.15) is 0 Å². The topological polar surface area (TPSA) is 59.0 Å². The third-order valence-corrected chi connectivity index (χ3v) is 2.54. The molecule has 5 nitrogen and oxygen atoms in total. The van der Waals surface area contributed by atoms with Crippen molar-refractivity contribution in [2.75, 3.05) is 13.2 Å². The van der Waals surface area contributed by atoms with Gasteiger partial charge in [-0.15, -0.1) is 0 Å².